The molecular weight excluding hydrogens is 488 g/mol. The molecule has 10 nitrogen and oxygen atoms in total. The van der Waals surface area contributed by atoms with E-state index >= 15 is 0 Å². The molecule has 0 amide bonds. The van der Waals surface area contributed by atoms with E-state index in [0.29, 0.717) is 41.5 Å². The molecule has 0 aliphatic carbocycles. The number of cyclic esters (lactones) is 1. The second-order valence-corrected chi connectivity index (χ2v) is 10.6. The maximum atomic E-state index is 13.6. The zero-order valence-corrected chi connectivity index (χ0v) is 21.6. The number of hydrogen-bond donors (Lipinski definition) is 1. The molecule has 1 aromatic carbocycles. The van der Waals surface area contributed by atoms with Crippen LogP contribution in [0, 0.1) is 0 Å². The van der Waals surface area contributed by atoms with Crippen LogP contribution in [0.5, 0.6) is 11.5 Å². The number of carbonyl (C=O) groups is 1. The van der Waals surface area contributed by atoms with Crippen molar-refractivity contribution < 1.29 is 24.1 Å². The predicted molar refractivity (Wildman–Crippen MR) is 138 cm³/mol. The van der Waals surface area contributed by atoms with Crippen LogP contribution in [-0.4, -0.2) is 76.9 Å². The number of aliphatic hydroxyl groups is 1. The first-order valence-electron chi connectivity index (χ1n) is 13.2. The minimum Gasteiger partial charge on any atom is -0.489 e. The van der Waals surface area contributed by atoms with Crippen LogP contribution >= 0.6 is 0 Å². The van der Waals surface area contributed by atoms with E-state index in [0.717, 1.165) is 60.5 Å². The largest absolute Gasteiger partial charge is 0.489 e. The molecule has 4 aliphatic heterocycles. The van der Waals surface area contributed by atoms with Crippen LogP contribution in [0.25, 0.3) is 22.3 Å². The van der Waals surface area contributed by atoms with Crippen LogP contribution in [0.1, 0.15) is 35.6 Å². The zero-order chi connectivity index (χ0) is 26.2. The molecule has 2 aromatic heterocycles. The van der Waals surface area contributed by atoms with Gasteiger partial charge in [-0.25, -0.2) is 9.78 Å². The summed E-state index contributed by atoms with van der Waals surface area (Å²) >= 11 is 0. The van der Waals surface area contributed by atoms with Crippen molar-refractivity contribution in [2.24, 2.45) is 0 Å². The first-order valence-corrected chi connectivity index (χ1v) is 13.2. The van der Waals surface area contributed by atoms with Crippen molar-refractivity contribution in [3.8, 4) is 22.9 Å². The molecule has 1 N–H and O–H groups in total. The summed E-state index contributed by atoms with van der Waals surface area (Å²) in [4.78, 5) is 36.1. The van der Waals surface area contributed by atoms with Crippen LogP contribution in [0.15, 0.2) is 23.0 Å². The maximum absolute atomic E-state index is 13.6. The average Bonchev–Trinajstić information content (AvgIpc) is 3.15. The summed E-state index contributed by atoms with van der Waals surface area (Å²) in [5.74, 6) is 0.691. The summed E-state index contributed by atoms with van der Waals surface area (Å²) < 4.78 is 19.2. The third-order valence-electron chi connectivity index (χ3n) is 8.41. The van der Waals surface area contributed by atoms with E-state index in [2.05, 4.69) is 22.9 Å². The number of hydrogen-bond acceptors (Lipinski definition) is 9. The third-order valence-corrected chi connectivity index (χ3v) is 8.41. The van der Waals surface area contributed by atoms with Crippen molar-refractivity contribution in [1.29, 1.82) is 0 Å². The number of benzene rings is 1. The van der Waals surface area contributed by atoms with Crippen LogP contribution < -0.4 is 15.0 Å². The van der Waals surface area contributed by atoms with Crippen molar-refractivity contribution in [1.82, 2.24) is 19.4 Å². The SMILES string of the molecule is CC[C@@]1(O)C(=O)OCc2c1cc1n(c2=O)Cc2c-1nc1c(CN3CCN(C)CC3)ccc3c1c2OCCO3. The lowest BCUT2D eigenvalue weighted by Crippen LogP contribution is -2.44. The highest BCUT2D eigenvalue weighted by Crippen LogP contribution is 2.46. The van der Waals surface area contributed by atoms with Crippen LogP contribution in [0.2, 0.25) is 0 Å². The number of fused-ring (bicyclic) bond motifs is 5. The number of carbonyl (C=O) groups excluding carboxylic acids is 1. The molecular formula is C28H30N4O6. The van der Waals surface area contributed by atoms with Gasteiger partial charge < -0.3 is 28.8 Å². The molecule has 0 unspecified atom stereocenters. The zero-order valence-electron chi connectivity index (χ0n) is 21.6. The number of aromatic nitrogens is 2. The fourth-order valence-electron chi connectivity index (χ4n) is 6.12. The lowest BCUT2D eigenvalue weighted by molar-refractivity contribution is -0.172. The lowest BCUT2D eigenvalue weighted by Gasteiger charge is -2.32. The molecule has 6 heterocycles. The molecule has 1 fully saturated rings. The summed E-state index contributed by atoms with van der Waals surface area (Å²) in [5.41, 5.74) is 2.36. The van der Waals surface area contributed by atoms with E-state index in [-0.39, 0.29) is 25.1 Å². The van der Waals surface area contributed by atoms with Gasteiger partial charge in [0, 0.05) is 43.9 Å². The number of piperazine rings is 1. The van der Waals surface area contributed by atoms with Gasteiger partial charge in [-0.3, -0.25) is 9.69 Å². The number of nitrogens with zero attached hydrogens (tertiary/aromatic N) is 4. The molecule has 1 saturated heterocycles. The third kappa shape index (κ3) is 3.33. The van der Waals surface area contributed by atoms with E-state index in [1.807, 2.05) is 6.07 Å². The molecule has 38 heavy (non-hydrogen) atoms. The molecule has 1 atom stereocenters. The molecule has 3 aromatic rings. The Hall–Kier alpha value is -3.47. The van der Waals surface area contributed by atoms with Crippen molar-refractivity contribution in [3.05, 3.63) is 50.8 Å². The number of pyridine rings is 2. The van der Waals surface area contributed by atoms with Crippen LogP contribution in [0.4, 0.5) is 0 Å². The average molecular weight is 519 g/mol. The van der Waals surface area contributed by atoms with Crippen molar-refractivity contribution >= 4 is 16.9 Å². The van der Waals surface area contributed by atoms with Crippen LogP contribution in [0.3, 0.4) is 0 Å². The Labute approximate surface area is 219 Å². The normalized spacial score (nSPS) is 22.7. The molecule has 0 radical (unpaired) electrons. The highest BCUT2D eigenvalue weighted by Gasteiger charge is 2.45. The Bertz CT molecular complexity index is 1560. The second kappa shape index (κ2) is 8.52. The molecule has 10 heteroatoms. The molecule has 198 valence electrons. The summed E-state index contributed by atoms with van der Waals surface area (Å²) in [6.07, 6.45) is 0.101. The Balaban J connectivity index is 1.44. The monoisotopic (exact) mass is 518 g/mol. The molecule has 0 saturated carbocycles. The van der Waals surface area contributed by atoms with E-state index in [1.54, 1.807) is 17.6 Å². The van der Waals surface area contributed by atoms with Gasteiger partial charge in [-0.1, -0.05) is 13.0 Å². The Morgan fingerprint density at radius 2 is 1.84 bits per heavy atom. The summed E-state index contributed by atoms with van der Waals surface area (Å²) in [6, 6.07) is 5.82. The Morgan fingerprint density at radius 1 is 1.05 bits per heavy atom. The molecule has 4 aliphatic rings. The molecule has 0 spiro atoms. The van der Waals surface area contributed by atoms with Gasteiger partial charge in [0.15, 0.2) is 5.60 Å². The van der Waals surface area contributed by atoms with E-state index in [9.17, 15) is 14.7 Å². The van der Waals surface area contributed by atoms with Gasteiger partial charge in [0.1, 0.15) is 31.3 Å². The van der Waals surface area contributed by atoms with Gasteiger partial charge in [-0.05, 0) is 31.2 Å². The summed E-state index contributed by atoms with van der Waals surface area (Å²) in [6.45, 7) is 7.35. The van der Waals surface area contributed by atoms with Gasteiger partial charge in [0.2, 0.25) is 0 Å². The number of esters is 1. The van der Waals surface area contributed by atoms with E-state index in [1.165, 1.54) is 0 Å². The maximum Gasteiger partial charge on any atom is 0.343 e. The van der Waals surface area contributed by atoms with E-state index in [4.69, 9.17) is 19.2 Å². The fourth-order valence-corrected chi connectivity index (χ4v) is 6.12. The lowest BCUT2D eigenvalue weighted by atomic mass is 9.86. The van der Waals surface area contributed by atoms with Crippen molar-refractivity contribution in [3.63, 3.8) is 0 Å². The minimum absolute atomic E-state index is 0.101. The topological polar surface area (TPSA) is 106 Å². The Kier molecular flexibility index (Phi) is 5.30. The van der Waals surface area contributed by atoms with E-state index < -0.39 is 11.6 Å². The highest BCUT2D eigenvalue weighted by atomic mass is 16.6. The fraction of sp³-hybridized carbons (Fsp3) is 0.464. The van der Waals surface area contributed by atoms with Crippen LogP contribution in [-0.2, 0) is 34.8 Å². The first-order chi connectivity index (χ1) is 18.4. The summed E-state index contributed by atoms with van der Waals surface area (Å²) in [5, 5.41) is 12.0. The van der Waals surface area contributed by atoms with Gasteiger partial charge in [-0.15, -0.1) is 0 Å². The van der Waals surface area contributed by atoms with Gasteiger partial charge in [0.25, 0.3) is 5.56 Å². The smallest absolute Gasteiger partial charge is 0.343 e. The predicted octanol–water partition coefficient (Wildman–Crippen LogP) is 1.60. The van der Waals surface area contributed by atoms with Gasteiger partial charge >= 0.3 is 5.97 Å². The molecule has 0 bridgehead atoms. The number of likely N-dealkylation sites (N-methyl/N-ethyl adjacent to an activating group) is 1. The van der Waals surface area contributed by atoms with Crippen molar-refractivity contribution in [2.45, 2.75) is 38.6 Å². The standard InChI is InChI=1S/C28H30N4O6/c1-3-28(35)19-12-20-24-17(14-32(20)26(33)18(19)15-38-27(28)34)25-22-21(36-10-11-37-25)5-4-16(23(22)29-24)13-31-8-6-30(2)7-9-31/h4-5,12,35H,3,6-11,13-15H2,1-2H3/t28-/m0/s1. The van der Waals surface area contributed by atoms with Gasteiger partial charge in [0.05, 0.1) is 34.4 Å². The minimum atomic E-state index is -1.86. The highest BCUT2D eigenvalue weighted by molar-refractivity contribution is 5.97. The Morgan fingerprint density at radius 3 is 2.63 bits per heavy atom. The second-order valence-electron chi connectivity index (χ2n) is 10.6. The first kappa shape index (κ1) is 23.6. The number of rotatable bonds is 3. The van der Waals surface area contributed by atoms with Crippen molar-refractivity contribution in [2.75, 3.05) is 46.4 Å². The number of ether oxygens (including phenoxy) is 3. The summed E-state index contributed by atoms with van der Waals surface area (Å²) in [7, 11) is 2.14. The quantitative estimate of drug-likeness (QED) is 0.405. The van der Waals surface area contributed by atoms with Gasteiger partial charge in [-0.2, -0.15) is 0 Å². The molecule has 7 rings (SSSR count).